The maximum Gasteiger partial charge on any atom is 0.260 e. The first-order valence-corrected chi connectivity index (χ1v) is 7.82. The van der Waals surface area contributed by atoms with Gasteiger partial charge in [-0.3, -0.25) is 9.59 Å². The molecule has 7 nitrogen and oxygen atoms in total. The van der Waals surface area contributed by atoms with Gasteiger partial charge in [-0.1, -0.05) is 18.2 Å². The molecular weight excluding hydrogens is 310 g/mol. The van der Waals surface area contributed by atoms with Crippen molar-refractivity contribution in [1.82, 2.24) is 15.0 Å². The van der Waals surface area contributed by atoms with E-state index in [9.17, 15) is 9.59 Å². The number of rotatable bonds is 4. The lowest BCUT2D eigenvalue weighted by Gasteiger charge is -2.34. The van der Waals surface area contributed by atoms with Gasteiger partial charge in [0.25, 0.3) is 17.7 Å². The molecule has 0 saturated carbocycles. The largest absolute Gasteiger partial charge is 0.465 e. The van der Waals surface area contributed by atoms with Crippen molar-refractivity contribution in [3.8, 4) is 5.88 Å². The number of ether oxygens (including phenoxy) is 1. The molecule has 2 amide bonds. The molecule has 1 aromatic heterocycles. The van der Waals surface area contributed by atoms with E-state index in [4.69, 9.17) is 9.26 Å². The van der Waals surface area contributed by atoms with E-state index in [1.165, 1.54) is 0 Å². The summed E-state index contributed by atoms with van der Waals surface area (Å²) in [5.41, 5.74) is 0.669. The fraction of sp³-hybridized carbons (Fsp3) is 0.353. The van der Waals surface area contributed by atoms with Gasteiger partial charge in [-0.05, 0) is 24.2 Å². The van der Waals surface area contributed by atoms with Gasteiger partial charge in [0.2, 0.25) is 0 Å². The second kappa shape index (κ2) is 7.16. The normalized spacial score (nSPS) is 14.5. The minimum atomic E-state index is -0.123. The number of nitrogens with zero attached hydrogens (tertiary/aromatic N) is 3. The summed E-state index contributed by atoms with van der Waals surface area (Å²) >= 11 is 0. The topological polar surface area (TPSA) is 75.9 Å². The molecule has 0 radical (unpaired) electrons. The molecule has 0 N–H and O–H groups in total. The summed E-state index contributed by atoms with van der Waals surface area (Å²) in [6.07, 6.45) is 0. The molecule has 1 aromatic carbocycles. The molecule has 1 fully saturated rings. The lowest BCUT2D eigenvalue weighted by Crippen LogP contribution is -2.51. The minimum Gasteiger partial charge on any atom is -0.465 e. The summed E-state index contributed by atoms with van der Waals surface area (Å²) in [5, 5.41) is 3.68. The Morgan fingerprint density at radius 1 is 1.12 bits per heavy atom. The molecule has 1 aliphatic rings. The molecule has 3 rings (SSSR count). The van der Waals surface area contributed by atoms with Crippen molar-refractivity contribution in [2.24, 2.45) is 0 Å². The summed E-state index contributed by atoms with van der Waals surface area (Å²) < 4.78 is 10.2. The smallest absolute Gasteiger partial charge is 0.260 e. The van der Waals surface area contributed by atoms with Crippen LogP contribution in [0.1, 0.15) is 16.1 Å². The van der Waals surface area contributed by atoms with E-state index < -0.39 is 0 Å². The average Bonchev–Trinajstić information content (AvgIpc) is 3.05. The number of carbonyl (C=O) groups excluding carboxylic acids is 2. The van der Waals surface area contributed by atoms with Gasteiger partial charge in [0, 0.05) is 37.8 Å². The van der Waals surface area contributed by atoms with Crippen LogP contribution in [0, 0.1) is 6.92 Å². The molecular formula is C17H19N3O4. The third-order valence-electron chi connectivity index (χ3n) is 3.89. The SMILES string of the molecule is Cc1cc(OCC(=O)N2CCN(C(=O)c3ccccc3)CC2)no1. The van der Waals surface area contributed by atoms with Crippen LogP contribution in [-0.2, 0) is 4.79 Å². The van der Waals surface area contributed by atoms with Crippen LogP contribution in [0.15, 0.2) is 40.9 Å². The molecule has 0 bridgehead atoms. The summed E-state index contributed by atoms with van der Waals surface area (Å²) in [6.45, 7) is 3.70. The molecule has 0 spiro atoms. The molecule has 7 heteroatoms. The van der Waals surface area contributed by atoms with Crippen LogP contribution in [-0.4, -0.2) is 59.6 Å². The zero-order valence-corrected chi connectivity index (χ0v) is 13.5. The van der Waals surface area contributed by atoms with E-state index >= 15 is 0 Å². The van der Waals surface area contributed by atoms with Gasteiger partial charge in [0.1, 0.15) is 5.76 Å². The third kappa shape index (κ3) is 3.73. The summed E-state index contributed by atoms with van der Waals surface area (Å²) in [4.78, 5) is 28.0. The highest BCUT2D eigenvalue weighted by atomic mass is 16.5. The van der Waals surface area contributed by atoms with Gasteiger partial charge >= 0.3 is 0 Å². The second-order valence-electron chi connectivity index (χ2n) is 5.60. The van der Waals surface area contributed by atoms with E-state index in [1.54, 1.807) is 34.9 Å². The predicted molar refractivity (Wildman–Crippen MR) is 85.7 cm³/mol. The second-order valence-corrected chi connectivity index (χ2v) is 5.60. The third-order valence-corrected chi connectivity index (χ3v) is 3.89. The van der Waals surface area contributed by atoms with Crippen LogP contribution in [0.25, 0.3) is 0 Å². The van der Waals surface area contributed by atoms with E-state index in [-0.39, 0.29) is 18.4 Å². The molecule has 0 aliphatic carbocycles. The number of benzene rings is 1. The van der Waals surface area contributed by atoms with Gasteiger partial charge in [-0.25, -0.2) is 0 Å². The number of aryl methyl sites for hydroxylation is 1. The molecule has 126 valence electrons. The van der Waals surface area contributed by atoms with Gasteiger partial charge in [0.15, 0.2) is 6.61 Å². The lowest BCUT2D eigenvalue weighted by molar-refractivity contribution is -0.134. The fourth-order valence-electron chi connectivity index (χ4n) is 2.56. The Bertz CT molecular complexity index is 706. The Morgan fingerprint density at radius 2 is 1.79 bits per heavy atom. The fourth-order valence-corrected chi connectivity index (χ4v) is 2.56. The van der Waals surface area contributed by atoms with Crippen molar-refractivity contribution in [2.45, 2.75) is 6.92 Å². The molecule has 2 aromatic rings. The van der Waals surface area contributed by atoms with E-state index in [2.05, 4.69) is 5.16 Å². The predicted octanol–water partition coefficient (Wildman–Crippen LogP) is 1.35. The summed E-state index contributed by atoms with van der Waals surface area (Å²) in [6, 6.07) is 10.8. The first kappa shape index (κ1) is 16.0. The van der Waals surface area contributed by atoms with Crippen LogP contribution < -0.4 is 4.74 Å². The van der Waals surface area contributed by atoms with E-state index in [0.29, 0.717) is 43.4 Å². The van der Waals surface area contributed by atoms with E-state index in [0.717, 1.165) is 0 Å². The van der Waals surface area contributed by atoms with Crippen LogP contribution in [0.5, 0.6) is 5.88 Å². The van der Waals surface area contributed by atoms with Crippen molar-refractivity contribution in [3.63, 3.8) is 0 Å². The molecule has 1 saturated heterocycles. The monoisotopic (exact) mass is 329 g/mol. The van der Waals surface area contributed by atoms with E-state index in [1.807, 2.05) is 18.2 Å². The van der Waals surface area contributed by atoms with Crippen molar-refractivity contribution < 1.29 is 18.8 Å². The number of hydrogen-bond acceptors (Lipinski definition) is 5. The maximum atomic E-state index is 12.4. The minimum absolute atomic E-state index is 0.00276. The first-order chi connectivity index (χ1) is 11.6. The lowest BCUT2D eigenvalue weighted by atomic mass is 10.2. The maximum absolute atomic E-state index is 12.4. The number of amides is 2. The quantitative estimate of drug-likeness (QED) is 0.846. The van der Waals surface area contributed by atoms with Crippen LogP contribution in [0.4, 0.5) is 0 Å². The Hall–Kier alpha value is -2.83. The molecule has 2 heterocycles. The highest BCUT2D eigenvalue weighted by Gasteiger charge is 2.25. The summed E-state index contributed by atoms with van der Waals surface area (Å²) in [5.74, 6) is 0.809. The zero-order chi connectivity index (χ0) is 16.9. The number of carbonyl (C=O) groups is 2. The van der Waals surface area contributed by atoms with Crippen molar-refractivity contribution in [2.75, 3.05) is 32.8 Å². The van der Waals surface area contributed by atoms with Gasteiger partial charge in [0.05, 0.1) is 0 Å². The van der Waals surface area contributed by atoms with Crippen molar-refractivity contribution in [1.29, 1.82) is 0 Å². The Kier molecular flexibility index (Phi) is 4.79. The van der Waals surface area contributed by atoms with Crippen molar-refractivity contribution >= 4 is 11.8 Å². The number of aromatic nitrogens is 1. The highest BCUT2D eigenvalue weighted by molar-refractivity contribution is 5.94. The Morgan fingerprint density at radius 3 is 2.42 bits per heavy atom. The van der Waals surface area contributed by atoms with Crippen LogP contribution >= 0.6 is 0 Å². The number of piperazine rings is 1. The zero-order valence-electron chi connectivity index (χ0n) is 13.5. The molecule has 0 atom stereocenters. The molecule has 0 unspecified atom stereocenters. The Balaban J connectivity index is 1.47. The van der Waals surface area contributed by atoms with Gasteiger partial charge in [-0.2, -0.15) is 0 Å². The average molecular weight is 329 g/mol. The Labute approximate surface area is 139 Å². The van der Waals surface area contributed by atoms with Gasteiger partial charge in [-0.15, -0.1) is 0 Å². The van der Waals surface area contributed by atoms with Crippen LogP contribution in [0.3, 0.4) is 0 Å². The standard InChI is InChI=1S/C17H19N3O4/c1-13-11-15(18-24-13)23-12-16(21)19-7-9-20(10-8-19)17(22)14-5-3-2-4-6-14/h2-6,11H,7-10,12H2,1H3. The number of hydrogen-bond donors (Lipinski definition) is 0. The first-order valence-electron chi connectivity index (χ1n) is 7.82. The molecule has 24 heavy (non-hydrogen) atoms. The summed E-state index contributed by atoms with van der Waals surface area (Å²) in [7, 11) is 0. The van der Waals surface area contributed by atoms with Crippen molar-refractivity contribution in [3.05, 3.63) is 47.7 Å². The highest BCUT2D eigenvalue weighted by Crippen LogP contribution is 2.11. The van der Waals surface area contributed by atoms with Crippen LogP contribution in [0.2, 0.25) is 0 Å². The van der Waals surface area contributed by atoms with Gasteiger partial charge < -0.3 is 19.1 Å². The molecule has 1 aliphatic heterocycles.